The van der Waals surface area contributed by atoms with Crippen LogP contribution in [0.3, 0.4) is 0 Å². The van der Waals surface area contributed by atoms with Crippen molar-refractivity contribution in [2.45, 2.75) is 5.92 Å². The first-order valence-corrected chi connectivity index (χ1v) is 8.55. The molecule has 0 fully saturated rings. The Hall–Kier alpha value is -3.68. The van der Waals surface area contributed by atoms with Gasteiger partial charge in [-0.3, -0.25) is 4.79 Å². The van der Waals surface area contributed by atoms with Gasteiger partial charge < -0.3 is 29.5 Å². The highest BCUT2D eigenvalue weighted by atomic mass is 16.5. The number of carbonyl (C=O) groups is 2. The molecule has 3 N–H and O–H groups in total. The van der Waals surface area contributed by atoms with Crippen LogP contribution in [0.2, 0.25) is 0 Å². The number of aromatic hydroxyl groups is 2. The molecular formula is C21H20O8. The summed E-state index contributed by atoms with van der Waals surface area (Å²) in [5.41, 5.74) is 0.516. The minimum absolute atomic E-state index is 0.0572. The van der Waals surface area contributed by atoms with Crippen LogP contribution in [0, 0.1) is 5.92 Å². The van der Waals surface area contributed by atoms with E-state index in [2.05, 4.69) is 0 Å². The van der Waals surface area contributed by atoms with E-state index in [1.165, 1.54) is 44.6 Å². The maximum atomic E-state index is 12.7. The van der Waals surface area contributed by atoms with Crippen molar-refractivity contribution in [2.24, 2.45) is 5.92 Å². The van der Waals surface area contributed by atoms with Crippen molar-refractivity contribution in [3.05, 3.63) is 52.6 Å². The second-order valence-corrected chi connectivity index (χ2v) is 6.36. The van der Waals surface area contributed by atoms with Crippen LogP contribution in [0.1, 0.15) is 24.0 Å². The van der Waals surface area contributed by atoms with Crippen molar-refractivity contribution >= 4 is 18.0 Å². The summed E-state index contributed by atoms with van der Waals surface area (Å²) >= 11 is 0. The summed E-state index contributed by atoms with van der Waals surface area (Å²) in [7, 11) is 3.81. The lowest BCUT2D eigenvalue weighted by atomic mass is 9.71. The molecule has 2 aromatic rings. The fourth-order valence-electron chi connectivity index (χ4n) is 3.51. The van der Waals surface area contributed by atoms with E-state index >= 15 is 0 Å². The number of fused-ring (bicyclic) bond motifs is 1. The largest absolute Gasteiger partial charge is 0.504 e. The third-order valence-electron chi connectivity index (χ3n) is 4.85. The van der Waals surface area contributed by atoms with Crippen molar-refractivity contribution < 1.29 is 40.5 Å². The Kier molecular flexibility index (Phi) is 4.99. The average Bonchev–Trinajstić information content (AvgIpc) is 2.72. The molecule has 2 unspecified atom stereocenters. The highest BCUT2D eigenvalue weighted by Gasteiger charge is 2.42. The molecular weight excluding hydrogens is 380 g/mol. The highest BCUT2D eigenvalue weighted by Crippen LogP contribution is 2.47. The van der Waals surface area contributed by atoms with E-state index in [0.29, 0.717) is 11.1 Å². The monoisotopic (exact) mass is 401 g/mol. The van der Waals surface area contributed by atoms with Gasteiger partial charge in [-0.2, -0.15) is 0 Å². The van der Waals surface area contributed by atoms with Crippen LogP contribution in [-0.4, -0.2) is 48.6 Å². The lowest BCUT2D eigenvalue weighted by Gasteiger charge is -2.32. The maximum Gasteiger partial charge on any atom is 0.332 e. The third-order valence-corrected chi connectivity index (χ3v) is 4.85. The zero-order valence-corrected chi connectivity index (χ0v) is 15.9. The van der Waals surface area contributed by atoms with Gasteiger partial charge in [0.1, 0.15) is 0 Å². The van der Waals surface area contributed by atoms with Crippen LogP contribution in [0.25, 0.3) is 6.05 Å². The van der Waals surface area contributed by atoms with Crippen LogP contribution in [-0.2, 0) is 14.3 Å². The number of benzene rings is 2. The number of carboxylic acid groups (broad SMARTS) is 1. The van der Waals surface area contributed by atoms with E-state index in [4.69, 9.17) is 15.6 Å². The van der Waals surface area contributed by atoms with Crippen LogP contribution < -0.4 is 9.47 Å². The predicted molar refractivity (Wildman–Crippen MR) is 102 cm³/mol. The van der Waals surface area contributed by atoms with Crippen LogP contribution >= 0.6 is 0 Å². The molecule has 0 spiro atoms. The molecule has 152 valence electrons. The van der Waals surface area contributed by atoms with Gasteiger partial charge in [-0.05, 0) is 47.0 Å². The number of carboxylic acids is 1. The number of aliphatic carboxylic acids is 1. The van der Waals surface area contributed by atoms with Gasteiger partial charge in [0.25, 0.3) is 0 Å². The molecule has 0 aliphatic heterocycles. The molecule has 2 aromatic carbocycles. The second kappa shape index (κ2) is 7.75. The SMILES string of the molecule is [2H]C1=C(C(=O)O)C(C(=O)OC)C(c2ccc(O)c(OC)c2)c2cc(O)c(OC)cc21. The molecule has 8 nitrogen and oxygen atoms in total. The number of hydrogen-bond acceptors (Lipinski definition) is 7. The molecule has 0 aromatic heterocycles. The summed E-state index contributed by atoms with van der Waals surface area (Å²) in [6.07, 6.45) is 0. The van der Waals surface area contributed by atoms with Gasteiger partial charge in [0.2, 0.25) is 0 Å². The first-order chi connectivity index (χ1) is 14.2. The molecule has 8 heteroatoms. The Morgan fingerprint density at radius 2 is 1.66 bits per heavy atom. The molecule has 0 radical (unpaired) electrons. The van der Waals surface area contributed by atoms with Crippen LogP contribution in [0.5, 0.6) is 23.0 Å². The zero-order valence-electron chi connectivity index (χ0n) is 16.9. The smallest absolute Gasteiger partial charge is 0.332 e. The van der Waals surface area contributed by atoms with E-state index in [1.54, 1.807) is 0 Å². The number of phenols is 2. The first-order valence-electron chi connectivity index (χ1n) is 9.05. The van der Waals surface area contributed by atoms with E-state index in [0.717, 1.165) is 7.11 Å². The topological polar surface area (TPSA) is 123 Å². The van der Waals surface area contributed by atoms with Crippen molar-refractivity contribution in [2.75, 3.05) is 21.3 Å². The Bertz CT molecular complexity index is 1060. The number of esters is 1. The van der Waals surface area contributed by atoms with Crippen LogP contribution in [0.15, 0.2) is 35.9 Å². The Labute approximate surface area is 168 Å². The van der Waals surface area contributed by atoms with Crippen molar-refractivity contribution in [3.63, 3.8) is 0 Å². The summed E-state index contributed by atoms with van der Waals surface area (Å²) in [6, 6.07) is 6.64. The van der Waals surface area contributed by atoms with Crippen molar-refractivity contribution in [1.82, 2.24) is 0 Å². The number of ether oxygens (including phenoxy) is 3. The van der Waals surface area contributed by atoms with Gasteiger partial charge in [0.05, 0.1) is 34.2 Å². The number of hydrogen-bond donors (Lipinski definition) is 3. The minimum Gasteiger partial charge on any atom is -0.504 e. The van der Waals surface area contributed by atoms with E-state index in [-0.39, 0.29) is 34.6 Å². The lowest BCUT2D eigenvalue weighted by Crippen LogP contribution is -2.32. The molecule has 0 heterocycles. The van der Waals surface area contributed by atoms with Gasteiger partial charge in [-0.1, -0.05) is 6.07 Å². The van der Waals surface area contributed by atoms with E-state index in [1.807, 2.05) is 0 Å². The van der Waals surface area contributed by atoms with Gasteiger partial charge in [-0.25, -0.2) is 4.79 Å². The fourth-order valence-corrected chi connectivity index (χ4v) is 3.51. The summed E-state index contributed by atoms with van der Waals surface area (Å²) < 4.78 is 23.5. The average molecular weight is 401 g/mol. The minimum atomic E-state index is -1.44. The molecule has 29 heavy (non-hydrogen) atoms. The van der Waals surface area contributed by atoms with Gasteiger partial charge in [-0.15, -0.1) is 0 Å². The Balaban J connectivity index is 2.39. The zero-order chi connectivity index (χ0) is 22.2. The third kappa shape index (κ3) is 3.44. The molecule has 0 saturated carbocycles. The second-order valence-electron chi connectivity index (χ2n) is 6.36. The van der Waals surface area contributed by atoms with Crippen molar-refractivity contribution in [1.29, 1.82) is 0 Å². The predicted octanol–water partition coefficient (Wildman–Crippen LogP) is 2.52. The molecule has 0 saturated heterocycles. The fraction of sp³-hybridized carbons (Fsp3) is 0.238. The number of rotatable bonds is 5. The molecule has 3 rings (SSSR count). The summed E-state index contributed by atoms with van der Waals surface area (Å²) in [6.45, 7) is 0. The molecule has 0 bridgehead atoms. The molecule has 1 aliphatic carbocycles. The van der Waals surface area contributed by atoms with E-state index < -0.39 is 29.3 Å². The summed E-state index contributed by atoms with van der Waals surface area (Å²) in [4.78, 5) is 24.7. The number of carbonyl (C=O) groups excluding carboxylic acids is 1. The summed E-state index contributed by atoms with van der Waals surface area (Å²) in [5.74, 6) is -4.79. The van der Waals surface area contributed by atoms with Gasteiger partial charge in [0, 0.05) is 5.92 Å². The van der Waals surface area contributed by atoms with E-state index in [9.17, 15) is 24.9 Å². The van der Waals surface area contributed by atoms with Crippen LogP contribution in [0.4, 0.5) is 0 Å². The quantitative estimate of drug-likeness (QED) is 0.653. The number of phenolic OH excluding ortho intramolecular Hbond substituents is 2. The standard InChI is InChI=1S/C21H20O8/c1-27-16-7-10(4-5-14(16)22)18-12-9-15(23)17(28-2)8-11(12)6-13(20(24)25)19(18)21(26)29-3/h4-9,18-19,22-23H,1-3H3,(H,24,25)/i6D. The highest BCUT2D eigenvalue weighted by molar-refractivity contribution is 6.01. The summed E-state index contributed by atoms with van der Waals surface area (Å²) in [5, 5.41) is 30.1. The van der Waals surface area contributed by atoms with Crippen molar-refractivity contribution in [3.8, 4) is 23.0 Å². The molecule has 1 aliphatic rings. The molecule has 2 atom stereocenters. The normalized spacial score (nSPS) is 18.5. The van der Waals surface area contributed by atoms with Gasteiger partial charge >= 0.3 is 11.9 Å². The molecule has 0 amide bonds. The Morgan fingerprint density at radius 1 is 1.00 bits per heavy atom. The maximum absolute atomic E-state index is 12.7. The van der Waals surface area contributed by atoms with Gasteiger partial charge in [0.15, 0.2) is 23.0 Å². The Morgan fingerprint density at radius 3 is 2.24 bits per heavy atom. The first kappa shape index (κ1) is 18.7. The lowest BCUT2D eigenvalue weighted by molar-refractivity contribution is -0.147. The number of methoxy groups -OCH3 is 3.